The molecule has 2 aromatic carbocycles. The molecule has 2 unspecified atom stereocenters. The van der Waals surface area contributed by atoms with Crippen LogP contribution < -0.4 is 5.32 Å². The Morgan fingerprint density at radius 1 is 1.03 bits per heavy atom. The van der Waals surface area contributed by atoms with Gasteiger partial charge in [0, 0.05) is 24.2 Å². The molecule has 0 aliphatic carbocycles. The highest BCUT2D eigenvalue weighted by atomic mass is 32.2. The zero-order valence-electron chi connectivity index (χ0n) is 17.4. The van der Waals surface area contributed by atoms with Crippen molar-refractivity contribution >= 4 is 21.9 Å². The first-order valence-corrected chi connectivity index (χ1v) is 11.3. The lowest BCUT2D eigenvalue weighted by Crippen LogP contribution is -2.48. The number of rotatable bonds is 5. The van der Waals surface area contributed by atoms with Crippen molar-refractivity contribution in [3.05, 3.63) is 59.9 Å². The molecule has 2 atom stereocenters. The summed E-state index contributed by atoms with van der Waals surface area (Å²) >= 11 is 0. The molecule has 1 saturated heterocycles. The Labute approximate surface area is 184 Å². The van der Waals surface area contributed by atoms with Crippen molar-refractivity contribution < 1.29 is 26.8 Å². The maximum atomic E-state index is 13.0. The summed E-state index contributed by atoms with van der Waals surface area (Å²) in [6.07, 6.45) is -0.402. The van der Waals surface area contributed by atoms with Crippen molar-refractivity contribution in [3.63, 3.8) is 0 Å². The predicted octanol–water partition coefficient (Wildman–Crippen LogP) is 2.93. The van der Waals surface area contributed by atoms with E-state index >= 15 is 0 Å². The number of morpholine rings is 1. The number of carbonyl (C=O) groups is 1. The predicted molar refractivity (Wildman–Crippen MR) is 113 cm³/mol. The number of halogens is 1. The number of sulfonamides is 1. The maximum absolute atomic E-state index is 13.0. The van der Waals surface area contributed by atoms with Gasteiger partial charge in [-0.1, -0.05) is 5.10 Å². The first-order valence-electron chi connectivity index (χ1n) is 9.89. The molecule has 9 nitrogen and oxygen atoms in total. The van der Waals surface area contributed by atoms with E-state index in [0.29, 0.717) is 5.56 Å². The number of aromatic nitrogens is 2. The molecule has 1 fully saturated rings. The van der Waals surface area contributed by atoms with Crippen molar-refractivity contribution in [1.29, 1.82) is 0 Å². The normalized spacial score (nSPS) is 19.6. The zero-order valence-corrected chi connectivity index (χ0v) is 18.2. The fourth-order valence-electron chi connectivity index (χ4n) is 3.41. The van der Waals surface area contributed by atoms with E-state index in [1.165, 1.54) is 52.8 Å². The number of carbonyl (C=O) groups excluding carboxylic acids is 1. The number of ether oxygens (including phenoxy) is 1. The molecule has 11 heteroatoms. The van der Waals surface area contributed by atoms with Gasteiger partial charge in [-0.3, -0.25) is 10.1 Å². The van der Waals surface area contributed by atoms with E-state index < -0.39 is 21.7 Å². The summed E-state index contributed by atoms with van der Waals surface area (Å²) in [6.45, 7) is 4.18. The largest absolute Gasteiger partial charge is 0.403 e. The maximum Gasteiger partial charge on any atom is 0.322 e. The van der Waals surface area contributed by atoms with Crippen LogP contribution in [0.2, 0.25) is 0 Å². The minimum Gasteiger partial charge on any atom is -0.403 e. The molecule has 0 spiro atoms. The average molecular weight is 460 g/mol. The SMILES string of the molecule is CC1CN(S(=O)(=O)c2ccc(C(=O)Nc3nnc(-c4ccc(F)cc4)o3)cc2)CC(C)O1. The van der Waals surface area contributed by atoms with E-state index in [1.807, 2.05) is 13.8 Å². The number of hydrogen-bond donors (Lipinski definition) is 1. The smallest absolute Gasteiger partial charge is 0.322 e. The topological polar surface area (TPSA) is 115 Å². The second kappa shape index (κ2) is 8.77. The van der Waals surface area contributed by atoms with Crippen LogP contribution in [0.1, 0.15) is 24.2 Å². The van der Waals surface area contributed by atoms with Gasteiger partial charge in [-0.05, 0) is 62.4 Å². The van der Waals surface area contributed by atoms with E-state index in [-0.39, 0.29) is 47.7 Å². The lowest BCUT2D eigenvalue weighted by molar-refractivity contribution is -0.0440. The Morgan fingerprint density at radius 3 is 2.28 bits per heavy atom. The number of hydrogen-bond acceptors (Lipinski definition) is 7. The second-order valence-electron chi connectivity index (χ2n) is 7.48. The van der Waals surface area contributed by atoms with Crippen LogP contribution in [0.15, 0.2) is 57.8 Å². The highest BCUT2D eigenvalue weighted by Crippen LogP contribution is 2.23. The quantitative estimate of drug-likeness (QED) is 0.623. The molecule has 1 N–H and O–H groups in total. The summed E-state index contributed by atoms with van der Waals surface area (Å²) in [5.74, 6) is -0.822. The van der Waals surface area contributed by atoms with Crippen LogP contribution in [-0.2, 0) is 14.8 Å². The Bertz CT molecular complexity index is 1200. The molecule has 4 rings (SSSR count). The summed E-state index contributed by atoms with van der Waals surface area (Å²) in [5.41, 5.74) is 0.718. The molecule has 0 radical (unpaired) electrons. The third-order valence-corrected chi connectivity index (χ3v) is 6.72. The molecule has 0 bridgehead atoms. The molecular weight excluding hydrogens is 439 g/mol. The Balaban J connectivity index is 1.45. The monoisotopic (exact) mass is 460 g/mol. The van der Waals surface area contributed by atoms with Gasteiger partial charge in [0.1, 0.15) is 5.82 Å². The van der Waals surface area contributed by atoms with Crippen molar-refractivity contribution in [2.24, 2.45) is 0 Å². The average Bonchev–Trinajstić information content (AvgIpc) is 3.22. The molecule has 1 amide bonds. The fraction of sp³-hybridized carbons (Fsp3) is 0.286. The standard InChI is InChI=1S/C21H21FN4O5S/c1-13-11-26(12-14(2)30-13)32(28,29)18-9-5-15(6-10-18)19(27)23-21-25-24-20(31-21)16-3-7-17(22)8-4-16/h3-10,13-14H,11-12H2,1-2H3,(H,23,25,27). The summed E-state index contributed by atoms with van der Waals surface area (Å²) < 4.78 is 51.3. The van der Waals surface area contributed by atoms with E-state index in [4.69, 9.17) is 9.15 Å². The van der Waals surface area contributed by atoms with Crippen LogP contribution in [0, 0.1) is 5.82 Å². The van der Waals surface area contributed by atoms with E-state index in [9.17, 15) is 17.6 Å². The molecule has 32 heavy (non-hydrogen) atoms. The van der Waals surface area contributed by atoms with E-state index in [1.54, 1.807) is 0 Å². The number of nitrogens with one attached hydrogen (secondary N) is 1. The number of nitrogens with zero attached hydrogens (tertiary/aromatic N) is 3. The Kier molecular flexibility index (Phi) is 6.04. The summed E-state index contributed by atoms with van der Waals surface area (Å²) in [7, 11) is -3.71. The number of amides is 1. The molecule has 2 heterocycles. The minimum absolute atomic E-state index is 0.0896. The van der Waals surface area contributed by atoms with E-state index in [2.05, 4.69) is 15.5 Å². The highest BCUT2D eigenvalue weighted by molar-refractivity contribution is 7.89. The minimum atomic E-state index is -3.71. The second-order valence-corrected chi connectivity index (χ2v) is 9.42. The first kappa shape index (κ1) is 22.1. The number of benzene rings is 2. The van der Waals surface area contributed by atoms with Gasteiger partial charge in [0.2, 0.25) is 15.9 Å². The Hall–Kier alpha value is -3.15. The van der Waals surface area contributed by atoms with Gasteiger partial charge >= 0.3 is 6.01 Å². The molecule has 0 saturated carbocycles. The van der Waals surface area contributed by atoms with Gasteiger partial charge in [0.25, 0.3) is 5.91 Å². The van der Waals surface area contributed by atoms with Crippen molar-refractivity contribution in [2.75, 3.05) is 18.4 Å². The third kappa shape index (κ3) is 4.69. The van der Waals surface area contributed by atoms with Crippen LogP contribution in [0.5, 0.6) is 0 Å². The van der Waals surface area contributed by atoms with Crippen molar-refractivity contribution in [3.8, 4) is 11.5 Å². The summed E-state index contributed by atoms with van der Waals surface area (Å²) in [4.78, 5) is 12.6. The summed E-state index contributed by atoms with van der Waals surface area (Å²) in [6, 6.07) is 10.9. The molecule has 3 aromatic rings. The van der Waals surface area contributed by atoms with Gasteiger partial charge < -0.3 is 9.15 Å². The summed E-state index contributed by atoms with van der Waals surface area (Å²) in [5, 5.41) is 10.0. The fourth-order valence-corrected chi connectivity index (χ4v) is 5.00. The zero-order chi connectivity index (χ0) is 22.9. The molecular formula is C21H21FN4O5S. The highest BCUT2D eigenvalue weighted by Gasteiger charge is 2.32. The van der Waals surface area contributed by atoms with Crippen LogP contribution in [0.4, 0.5) is 10.4 Å². The molecule has 1 aliphatic heterocycles. The first-order chi connectivity index (χ1) is 15.2. The molecule has 1 aliphatic rings. The van der Waals surface area contributed by atoms with Gasteiger partial charge in [-0.15, -0.1) is 5.10 Å². The molecule has 1 aromatic heterocycles. The Morgan fingerprint density at radius 2 is 1.66 bits per heavy atom. The van der Waals surface area contributed by atoms with Gasteiger partial charge in [-0.25, -0.2) is 12.8 Å². The van der Waals surface area contributed by atoms with Crippen LogP contribution in [0.3, 0.4) is 0 Å². The lowest BCUT2D eigenvalue weighted by atomic mass is 10.2. The van der Waals surface area contributed by atoms with E-state index in [0.717, 1.165) is 0 Å². The van der Waals surface area contributed by atoms with Crippen LogP contribution >= 0.6 is 0 Å². The van der Waals surface area contributed by atoms with Crippen LogP contribution in [-0.4, -0.2) is 54.1 Å². The van der Waals surface area contributed by atoms with Gasteiger partial charge in [-0.2, -0.15) is 4.31 Å². The van der Waals surface area contributed by atoms with Gasteiger partial charge in [0.05, 0.1) is 17.1 Å². The third-order valence-electron chi connectivity index (χ3n) is 4.88. The van der Waals surface area contributed by atoms with Crippen molar-refractivity contribution in [2.45, 2.75) is 31.0 Å². The van der Waals surface area contributed by atoms with Gasteiger partial charge in [0.15, 0.2) is 0 Å². The van der Waals surface area contributed by atoms with Crippen LogP contribution in [0.25, 0.3) is 11.5 Å². The number of anilines is 1. The lowest BCUT2D eigenvalue weighted by Gasteiger charge is -2.34. The molecule has 168 valence electrons. The van der Waals surface area contributed by atoms with Crippen molar-refractivity contribution in [1.82, 2.24) is 14.5 Å².